The molecule has 1 aromatic carbocycles. The average molecular weight is 401 g/mol. The number of hydroxylamine groups is 1. The molecule has 0 unspecified atom stereocenters. The van der Waals surface area contributed by atoms with E-state index in [4.69, 9.17) is 9.94 Å². The van der Waals surface area contributed by atoms with Crippen LogP contribution < -0.4 is 10.8 Å². The van der Waals surface area contributed by atoms with Gasteiger partial charge in [-0.2, -0.15) is 0 Å². The summed E-state index contributed by atoms with van der Waals surface area (Å²) in [6, 6.07) is 7.52. The van der Waals surface area contributed by atoms with Gasteiger partial charge in [-0.25, -0.2) is 5.48 Å². The number of rotatable bonds is 8. The van der Waals surface area contributed by atoms with Crippen molar-refractivity contribution in [2.24, 2.45) is 5.92 Å². The summed E-state index contributed by atoms with van der Waals surface area (Å²) >= 11 is 0. The minimum absolute atomic E-state index is 0.0848. The first-order chi connectivity index (χ1) is 14.2. The smallest absolute Gasteiger partial charge is 0.323 e. The highest BCUT2D eigenvalue weighted by Gasteiger charge is 2.32. The Morgan fingerprint density at radius 2 is 1.69 bits per heavy atom. The monoisotopic (exact) mass is 400 g/mol. The van der Waals surface area contributed by atoms with E-state index in [2.05, 4.69) is 5.32 Å². The molecule has 1 atom stereocenters. The molecule has 2 aliphatic carbocycles. The Balaban J connectivity index is 1.58. The molecule has 0 heterocycles. The lowest BCUT2D eigenvalue weighted by Crippen LogP contribution is -2.45. The van der Waals surface area contributed by atoms with Gasteiger partial charge in [0.1, 0.15) is 12.1 Å². The SMILES string of the molecule is O=C(C=Cc1ccc(CN[C@H](C(=O)OC2CCCC2)C2CCCCC2)cc1)NO. The zero-order valence-electron chi connectivity index (χ0n) is 16.9. The second-order valence-electron chi connectivity index (χ2n) is 8.15. The highest BCUT2D eigenvalue weighted by Crippen LogP contribution is 2.29. The van der Waals surface area contributed by atoms with E-state index >= 15 is 0 Å². The summed E-state index contributed by atoms with van der Waals surface area (Å²) in [5.74, 6) is -0.304. The summed E-state index contributed by atoms with van der Waals surface area (Å²) in [4.78, 5) is 24.0. The average Bonchev–Trinajstić information content (AvgIpc) is 3.26. The van der Waals surface area contributed by atoms with Crippen LogP contribution in [-0.4, -0.2) is 29.2 Å². The van der Waals surface area contributed by atoms with Crippen LogP contribution in [0.3, 0.4) is 0 Å². The van der Waals surface area contributed by atoms with E-state index in [1.165, 1.54) is 25.3 Å². The van der Waals surface area contributed by atoms with Crippen LogP contribution in [-0.2, 0) is 20.9 Å². The standard InChI is InChI=1S/C23H32N2O4/c26-21(25-28)15-14-17-10-12-18(13-11-17)16-24-22(19-6-2-1-3-7-19)23(27)29-20-8-4-5-9-20/h10-15,19-20,22,24,28H,1-9,16H2,(H,25,26)/t22-/m0/s1. The number of hydrogen-bond acceptors (Lipinski definition) is 5. The zero-order chi connectivity index (χ0) is 20.5. The molecule has 29 heavy (non-hydrogen) atoms. The molecule has 158 valence electrons. The van der Waals surface area contributed by atoms with E-state index in [-0.39, 0.29) is 18.1 Å². The van der Waals surface area contributed by atoms with Crippen LogP contribution in [0, 0.1) is 5.92 Å². The lowest BCUT2D eigenvalue weighted by atomic mass is 9.83. The predicted octanol–water partition coefficient (Wildman–Crippen LogP) is 3.73. The van der Waals surface area contributed by atoms with Gasteiger partial charge in [-0.15, -0.1) is 0 Å². The van der Waals surface area contributed by atoms with Gasteiger partial charge in [0, 0.05) is 12.6 Å². The Hall–Kier alpha value is -2.18. The topological polar surface area (TPSA) is 87.7 Å². The molecule has 6 nitrogen and oxygen atoms in total. The van der Waals surface area contributed by atoms with Gasteiger partial charge in [-0.1, -0.05) is 43.5 Å². The van der Waals surface area contributed by atoms with Crippen molar-refractivity contribution < 1.29 is 19.5 Å². The first-order valence-electron chi connectivity index (χ1n) is 10.8. The molecule has 2 saturated carbocycles. The molecule has 0 radical (unpaired) electrons. The summed E-state index contributed by atoms with van der Waals surface area (Å²) in [6.07, 6.45) is 13.1. The number of amides is 1. The number of carbonyl (C=O) groups excluding carboxylic acids is 2. The molecule has 3 N–H and O–H groups in total. The molecule has 0 saturated heterocycles. The fraction of sp³-hybridized carbons (Fsp3) is 0.565. The van der Waals surface area contributed by atoms with Gasteiger partial charge in [-0.05, 0) is 61.6 Å². The second kappa shape index (κ2) is 11.1. The summed E-state index contributed by atoms with van der Waals surface area (Å²) in [5, 5.41) is 12.0. The highest BCUT2D eigenvalue weighted by molar-refractivity contribution is 5.90. The van der Waals surface area contributed by atoms with Gasteiger partial charge in [-0.3, -0.25) is 14.8 Å². The number of nitrogens with one attached hydrogen (secondary N) is 2. The molecule has 2 aliphatic rings. The van der Waals surface area contributed by atoms with Gasteiger partial charge in [0.05, 0.1) is 0 Å². The van der Waals surface area contributed by atoms with Crippen molar-refractivity contribution in [3.05, 3.63) is 41.5 Å². The lowest BCUT2D eigenvalue weighted by Gasteiger charge is -2.30. The van der Waals surface area contributed by atoms with Gasteiger partial charge in [0.2, 0.25) is 0 Å². The van der Waals surface area contributed by atoms with Gasteiger partial charge in [0.15, 0.2) is 0 Å². The fourth-order valence-corrected chi connectivity index (χ4v) is 4.34. The molecule has 3 rings (SSSR count). The lowest BCUT2D eigenvalue weighted by molar-refractivity contribution is -0.153. The molecule has 2 fully saturated rings. The number of benzene rings is 1. The third kappa shape index (κ3) is 6.68. The third-order valence-electron chi connectivity index (χ3n) is 6.00. The molecular formula is C23H32N2O4. The van der Waals surface area contributed by atoms with Crippen LogP contribution in [0.2, 0.25) is 0 Å². The van der Waals surface area contributed by atoms with Crippen molar-refractivity contribution >= 4 is 18.0 Å². The maximum atomic E-state index is 12.9. The molecular weight excluding hydrogens is 368 g/mol. The van der Waals surface area contributed by atoms with Crippen molar-refractivity contribution in [2.75, 3.05) is 0 Å². The van der Waals surface area contributed by atoms with Gasteiger partial charge >= 0.3 is 5.97 Å². The quantitative estimate of drug-likeness (QED) is 0.268. The predicted molar refractivity (Wildman–Crippen MR) is 111 cm³/mol. The van der Waals surface area contributed by atoms with Crippen LogP contribution in [0.4, 0.5) is 0 Å². The minimum atomic E-state index is -0.563. The van der Waals surface area contributed by atoms with E-state index in [1.54, 1.807) is 11.6 Å². The minimum Gasteiger partial charge on any atom is -0.461 e. The van der Waals surface area contributed by atoms with E-state index < -0.39 is 5.91 Å². The molecule has 1 amide bonds. The molecule has 0 spiro atoms. The largest absolute Gasteiger partial charge is 0.461 e. The van der Waals surface area contributed by atoms with Crippen LogP contribution in [0.25, 0.3) is 6.08 Å². The van der Waals surface area contributed by atoms with Gasteiger partial charge < -0.3 is 10.1 Å². The number of carbonyl (C=O) groups is 2. The third-order valence-corrected chi connectivity index (χ3v) is 6.00. The first-order valence-corrected chi connectivity index (χ1v) is 10.8. The summed E-state index contributed by atoms with van der Waals surface area (Å²) in [5.41, 5.74) is 3.50. The van der Waals surface area contributed by atoms with Crippen molar-refractivity contribution in [1.82, 2.24) is 10.8 Å². The fourth-order valence-electron chi connectivity index (χ4n) is 4.34. The Labute approximate surface area is 172 Å². The Bertz CT molecular complexity index is 689. The zero-order valence-corrected chi connectivity index (χ0v) is 16.9. The highest BCUT2D eigenvalue weighted by atomic mass is 16.5. The van der Waals surface area contributed by atoms with E-state index in [9.17, 15) is 9.59 Å². The van der Waals surface area contributed by atoms with E-state index in [0.29, 0.717) is 12.5 Å². The van der Waals surface area contributed by atoms with Crippen LogP contribution in [0.5, 0.6) is 0 Å². The van der Waals surface area contributed by atoms with Crippen LogP contribution in [0.1, 0.15) is 68.9 Å². The molecule has 6 heteroatoms. The molecule has 0 aromatic heterocycles. The van der Waals surface area contributed by atoms with Crippen LogP contribution >= 0.6 is 0 Å². The van der Waals surface area contributed by atoms with E-state index in [0.717, 1.165) is 49.7 Å². The Morgan fingerprint density at radius 1 is 1.03 bits per heavy atom. The normalized spacial score (nSPS) is 19.3. The first kappa shape index (κ1) is 21.5. The summed E-state index contributed by atoms with van der Waals surface area (Å²) < 4.78 is 5.83. The van der Waals surface area contributed by atoms with E-state index in [1.807, 2.05) is 24.3 Å². The maximum absolute atomic E-state index is 12.9. The summed E-state index contributed by atoms with van der Waals surface area (Å²) in [7, 11) is 0. The van der Waals surface area contributed by atoms with Gasteiger partial charge in [0.25, 0.3) is 5.91 Å². The maximum Gasteiger partial charge on any atom is 0.323 e. The molecule has 0 bridgehead atoms. The number of ether oxygens (including phenoxy) is 1. The number of hydrogen-bond donors (Lipinski definition) is 3. The van der Waals surface area contributed by atoms with Crippen molar-refractivity contribution in [3.63, 3.8) is 0 Å². The van der Waals surface area contributed by atoms with Crippen LogP contribution in [0.15, 0.2) is 30.3 Å². The second-order valence-corrected chi connectivity index (χ2v) is 8.15. The Kier molecular flexibility index (Phi) is 8.25. The van der Waals surface area contributed by atoms with Crippen molar-refractivity contribution in [3.8, 4) is 0 Å². The number of esters is 1. The molecule has 1 aromatic rings. The van der Waals surface area contributed by atoms with Crippen molar-refractivity contribution in [1.29, 1.82) is 0 Å². The van der Waals surface area contributed by atoms with Crippen molar-refractivity contribution in [2.45, 2.75) is 76.5 Å². The molecule has 0 aliphatic heterocycles. The Morgan fingerprint density at radius 3 is 2.34 bits per heavy atom. The summed E-state index contributed by atoms with van der Waals surface area (Å²) in [6.45, 7) is 0.599.